The van der Waals surface area contributed by atoms with Gasteiger partial charge < -0.3 is 9.47 Å². The molecule has 0 amide bonds. The van der Waals surface area contributed by atoms with Gasteiger partial charge in [0.1, 0.15) is 0 Å². The van der Waals surface area contributed by atoms with E-state index in [1.165, 1.54) is 0 Å². The topological polar surface area (TPSA) is 55.8 Å². The molecule has 0 aromatic heterocycles. The molecule has 3 aliphatic heterocycles. The minimum absolute atomic E-state index is 0.171. The van der Waals surface area contributed by atoms with Gasteiger partial charge in [-0.1, -0.05) is 0 Å². The zero-order chi connectivity index (χ0) is 11.9. The number of hydrogen-bond donors (Lipinski definition) is 0. The Bertz CT molecular complexity index is 388. The summed E-state index contributed by atoms with van der Waals surface area (Å²) in [5, 5.41) is 0. The van der Waals surface area contributed by atoms with Crippen LogP contribution in [0.2, 0.25) is 0 Å². The molecule has 5 nitrogen and oxygen atoms in total. The van der Waals surface area contributed by atoms with Crippen molar-refractivity contribution >= 4 is 9.84 Å². The van der Waals surface area contributed by atoms with E-state index in [2.05, 4.69) is 4.90 Å². The van der Waals surface area contributed by atoms with E-state index in [4.69, 9.17) is 9.47 Å². The first-order valence-electron chi connectivity index (χ1n) is 6.31. The second kappa shape index (κ2) is 4.19. The molecule has 3 rings (SSSR count). The summed E-state index contributed by atoms with van der Waals surface area (Å²) in [5.74, 6) is 0.205. The SMILES string of the molecule is O=S1(=O)CCC(N2CCCC3(C2)OCCO3)C1. The normalized spacial score (nSPS) is 36.6. The van der Waals surface area contributed by atoms with Crippen LogP contribution in [0.4, 0.5) is 0 Å². The van der Waals surface area contributed by atoms with E-state index in [1.54, 1.807) is 0 Å². The maximum Gasteiger partial charge on any atom is 0.181 e. The van der Waals surface area contributed by atoms with Gasteiger partial charge >= 0.3 is 0 Å². The molecular weight excluding hydrogens is 242 g/mol. The van der Waals surface area contributed by atoms with Crippen LogP contribution in [-0.4, -0.2) is 63.0 Å². The smallest absolute Gasteiger partial charge is 0.181 e. The maximum absolute atomic E-state index is 11.5. The molecule has 98 valence electrons. The molecular formula is C11H19NO4S. The summed E-state index contributed by atoms with van der Waals surface area (Å²) in [6.45, 7) is 3.02. The third-order valence-corrected chi connectivity index (χ3v) is 5.74. The number of piperidine rings is 1. The number of sulfone groups is 1. The molecule has 0 bridgehead atoms. The molecule has 0 N–H and O–H groups in total. The van der Waals surface area contributed by atoms with E-state index in [9.17, 15) is 8.42 Å². The fourth-order valence-electron chi connectivity index (χ4n) is 3.13. The lowest BCUT2D eigenvalue weighted by Gasteiger charge is -2.41. The number of nitrogens with zero attached hydrogens (tertiary/aromatic N) is 1. The maximum atomic E-state index is 11.5. The van der Waals surface area contributed by atoms with E-state index in [0.29, 0.717) is 24.7 Å². The Hall–Kier alpha value is -0.170. The molecule has 0 radical (unpaired) electrons. The Kier molecular flexibility index (Phi) is 2.93. The summed E-state index contributed by atoms with van der Waals surface area (Å²) in [4.78, 5) is 2.25. The minimum atomic E-state index is -2.80. The van der Waals surface area contributed by atoms with E-state index in [-0.39, 0.29) is 6.04 Å². The highest BCUT2D eigenvalue weighted by atomic mass is 32.2. The summed E-state index contributed by atoms with van der Waals surface area (Å²) in [5.41, 5.74) is 0. The molecule has 1 unspecified atom stereocenters. The predicted molar refractivity (Wildman–Crippen MR) is 62.5 cm³/mol. The van der Waals surface area contributed by atoms with Crippen molar-refractivity contribution in [3.63, 3.8) is 0 Å². The van der Waals surface area contributed by atoms with Crippen molar-refractivity contribution in [2.24, 2.45) is 0 Å². The average Bonchev–Trinajstić information content (AvgIpc) is 2.86. The van der Waals surface area contributed by atoms with Gasteiger partial charge in [-0.2, -0.15) is 0 Å². The molecule has 3 heterocycles. The van der Waals surface area contributed by atoms with Crippen molar-refractivity contribution in [3.8, 4) is 0 Å². The van der Waals surface area contributed by atoms with Gasteiger partial charge in [0.2, 0.25) is 0 Å². The van der Waals surface area contributed by atoms with Crippen molar-refractivity contribution in [1.82, 2.24) is 4.90 Å². The van der Waals surface area contributed by atoms with Gasteiger partial charge in [-0.25, -0.2) is 8.42 Å². The van der Waals surface area contributed by atoms with Crippen molar-refractivity contribution < 1.29 is 17.9 Å². The van der Waals surface area contributed by atoms with Crippen molar-refractivity contribution in [1.29, 1.82) is 0 Å². The first-order valence-corrected chi connectivity index (χ1v) is 8.13. The Morgan fingerprint density at radius 3 is 2.65 bits per heavy atom. The summed E-state index contributed by atoms with van der Waals surface area (Å²) >= 11 is 0. The molecule has 0 saturated carbocycles. The van der Waals surface area contributed by atoms with Gasteiger partial charge in [0.25, 0.3) is 0 Å². The van der Waals surface area contributed by atoms with Crippen LogP contribution < -0.4 is 0 Å². The lowest BCUT2D eigenvalue weighted by atomic mass is 10.0. The third kappa shape index (κ3) is 2.36. The lowest BCUT2D eigenvalue weighted by molar-refractivity contribution is -0.192. The summed E-state index contributed by atoms with van der Waals surface area (Å²) in [6, 6.07) is 0.171. The first-order chi connectivity index (χ1) is 8.09. The van der Waals surface area contributed by atoms with Crippen LogP contribution >= 0.6 is 0 Å². The van der Waals surface area contributed by atoms with E-state index >= 15 is 0 Å². The van der Waals surface area contributed by atoms with Gasteiger partial charge in [0.05, 0.1) is 31.3 Å². The summed E-state index contributed by atoms with van der Waals surface area (Å²) in [6.07, 6.45) is 2.72. The van der Waals surface area contributed by atoms with Gasteiger partial charge in [-0.05, 0) is 19.4 Å². The molecule has 1 atom stereocenters. The third-order valence-electron chi connectivity index (χ3n) is 3.99. The monoisotopic (exact) mass is 261 g/mol. The fourth-order valence-corrected chi connectivity index (χ4v) is 4.89. The van der Waals surface area contributed by atoms with Crippen molar-refractivity contribution in [3.05, 3.63) is 0 Å². The number of hydrogen-bond acceptors (Lipinski definition) is 5. The zero-order valence-corrected chi connectivity index (χ0v) is 10.7. The quantitative estimate of drug-likeness (QED) is 0.665. The highest BCUT2D eigenvalue weighted by Gasteiger charge is 2.44. The van der Waals surface area contributed by atoms with E-state index in [1.807, 2.05) is 0 Å². The first kappa shape index (κ1) is 11.9. The number of likely N-dealkylation sites (tertiary alicyclic amines) is 1. The Morgan fingerprint density at radius 1 is 1.24 bits per heavy atom. The van der Waals surface area contributed by atoms with Gasteiger partial charge in [0, 0.05) is 12.5 Å². The molecule has 3 fully saturated rings. The van der Waals surface area contributed by atoms with Crippen molar-refractivity contribution in [2.75, 3.05) is 37.8 Å². The predicted octanol–water partition coefficient (Wildman–Crippen LogP) is 0.0124. The standard InChI is InChI=1S/C11H19NO4S/c13-17(14)7-2-10(8-17)12-4-1-3-11(9-12)15-5-6-16-11/h10H,1-9H2. The molecule has 3 saturated heterocycles. The molecule has 1 spiro atoms. The summed E-state index contributed by atoms with van der Waals surface area (Å²) < 4.78 is 34.4. The highest BCUT2D eigenvalue weighted by Crippen LogP contribution is 2.32. The van der Waals surface area contributed by atoms with Crippen molar-refractivity contribution in [2.45, 2.75) is 31.1 Å². The Morgan fingerprint density at radius 2 is 2.00 bits per heavy atom. The zero-order valence-electron chi connectivity index (χ0n) is 9.93. The largest absolute Gasteiger partial charge is 0.346 e. The van der Waals surface area contributed by atoms with Crippen LogP contribution in [0.1, 0.15) is 19.3 Å². The van der Waals surface area contributed by atoms with E-state index in [0.717, 1.165) is 32.4 Å². The Labute approximate surface area is 102 Å². The highest BCUT2D eigenvalue weighted by molar-refractivity contribution is 7.91. The van der Waals surface area contributed by atoms with Crippen LogP contribution in [0, 0.1) is 0 Å². The van der Waals surface area contributed by atoms with Crippen LogP contribution in [0.25, 0.3) is 0 Å². The molecule has 0 aromatic carbocycles. The molecule has 17 heavy (non-hydrogen) atoms. The van der Waals surface area contributed by atoms with Crippen LogP contribution in [0.3, 0.4) is 0 Å². The molecule has 6 heteroatoms. The molecule has 3 aliphatic rings. The minimum Gasteiger partial charge on any atom is -0.346 e. The second-order valence-electron chi connectivity index (χ2n) is 5.24. The second-order valence-corrected chi connectivity index (χ2v) is 7.47. The van der Waals surface area contributed by atoms with Crippen LogP contribution in [0.15, 0.2) is 0 Å². The van der Waals surface area contributed by atoms with Gasteiger partial charge in [-0.3, -0.25) is 4.90 Å². The number of ether oxygens (including phenoxy) is 2. The average molecular weight is 261 g/mol. The molecule has 0 aliphatic carbocycles. The van der Waals surface area contributed by atoms with Crippen LogP contribution in [-0.2, 0) is 19.3 Å². The summed E-state index contributed by atoms with van der Waals surface area (Å²) in [7, 11) is -2.80. The molecule has 0 aromatic rings. The fraction of sp³-hybridized carbons (Fsp3) is 1.00. The van der Waals surface area contributed by atoms with Gasteiger partial charge in [0.15, 0.2) is 15.6 Å². The van der Waals surface area contributed by atoms with Crippen LogP contribution in [0.5, 0.6) is 0 Å². The number of rotatable bonds is 1. The Balaban J connectivity index is 1.68. The lowest BCUT2D eigenvalue weighted by Crippen LogP contribution is -2.52. The van der Waals surface area contributed by atoms with E-state index < -0.39 is 15.6 Å². The van der Waals surface area contributed by atoms with Gasteiger partial charge in [-0.15, -0.1) is 0 Å².